The highest BCUT2D eigenvalue weighted by molar-refractivity contribution is 7.99. The normalized spacial score (nSPS) is 11.9. The topological polar surface area (TPSA) is 96.0 Å². The van der Waals surface area contributed by atoms with Gasteiger partial charge < -0.3 is 14.6 Å². The minimum Gasteiger partial charge on any atom is -0.480 e. The first-order chi connectivity index (χ1) is 17.7. The number of benzene rings is 2. The van der Waals surface area contributed by atoms with Crippen molar-refractivity contribution in [1.82, 2.24) is 24.1 Å². The minimum atomic E-state index is -0.816. The van der Waals surface area contributed by atoms with Crippen molar-refractivity contribution < 1.29 is 18.3 Å². The number of hydrogen-bond acceptors (Lipinski definition) is 6. The molecule has 9 nitrogen and oxygen atoms in total. The molecule has 1 atom stereocenters. The van der Waals surface area contributed by atoms with Crippen LogP contribution in [0.15, 0.2) is 58.5 Å². The van der Waals surface area contributed by atoms with Gasteiger partial charge in [-0.3, -0.25) is 14.3 Å². The number of anilines is 1. The Morgan fingerprint density at radius 2 is 1.89 bits per heavy atom. The van der Waals surface area contributed by atoms with Crippen molar-refractivity contribution in [3.05, 3.63) is 82.0 Å². The molecular formula is C25H26F2N6O3S. The molecule has 4 rings (SSSR count). The SMILES string of the molecule is CCn1c(SCC(=O)Nc2c(C)n(C)n(-c3ccccc3)c2=O)nnc1C(C)Oc1ccc(F)cc1F. The van der Waals surface area contributed by atoms with E-state index in [1.165, 1.54) is 10.7 Å². The van der Waals surface area contributed by atoms with Crippen LogP contribution in [-0.2, 0) is 18.4 Å². The number of ether oxygens (including phenoxy) is 1. The molecule has 1 unspecified atom stereocenters. The molecule has 0 radical (unpaired) electrons. The van der Waals surface area contributed by atoms with E-state index >= 15 is 0 Å². The van der Waals surface area contributed by atoms with Crippen LogP contribution in [0, 0.1) is 18.6 Å². The number of nitrogens with one attached hydrogen (secondary N) is 1. The lowest BCUT2D eigenvalue weighted by atomic mass is 10.3. The van der Waals surface area contributed by atoms with Crippen LogP contribution in [0.25, 0.3) is 5.69 Å². The fourth-order valence-electron chi connectivity index (χ4n) is 3.84. The summed E-state index contributed by atoms with van der Waals surface area (Å²) < 4.78 is 37.7. The zero-order valence-corrected chi connectivity index (χ0v) is 21.6. The maximum Gasteiger partial charge on any atom is 0.295 e. The van der Waals surface area contributed by atoms with Gasteiger partial charge in [-0.2, -0.15) is 0 Å². The van der Waals surface area contributed by atoms with Crippen molar-refractivity contribution >= 4 is 23.4 Å². The van der Waals surface area contributed by atoms with Gasteiger partial charge in [-0.25, -0.2) is 13.5 Å². The molecule has 0 spiro atoms. The Hall–Kier alpha value is -3.93. The predicted molar refractivity (Wildman–Crippen MR) is 136 cm³/mol. The van der Waals surface area contributed by atoms with Gasteiger partial charge in [-0.05, 0) is 45.0 Å². The maximum atomic E-state index is 14.0. The Balaban J connectivity index is 1.45. The Bertz CT molecular complexity index is 1480. The number of hydrogen-bond donors (Lipinski definition) is 1. The van der Waals surface area contributed by atoms with Gasteiger partial charge >= 0.3 is 0 Å². The summed E-state index contributed by atoms with van der Waals surface area (Å²) in [5, 5.41) is 11.5. The number of halogens is 2. The Morgan fingerprint density at radius 3 is 2.57 bits per heavy atom. The van der Waals surface area contributed by atoms with Crippen LogP contribution in [0.4, 0.5) is 14.5 Å². The number of aromatic nitrogens is 5. The van der Waals surface area contributed by atoms with Gasteiger partial charge in [0, 0.05) is 19.7 Å². The second-order valence-electron chi connectivity index (χ2n) is 8.19. The summed E-state index contributed by atoms with van der Waals surface area (Å²) in [4.78, 5) is 25.8. The van der Waals surface area contributed by atoms with Gasteiger partial charge in [0.05, 0.1) is 17.1 Å². The van der Waals surface area contributed by atoms with Crippen LogP contribution in [0.1, 0.15) is 31.5 Å². The molecule has 2 heterocycles. The molecule has 0 bridgehead atoms. The summed E-state index contributed by atoms with van der Waals surface area (Å²) in [6.45, 7) is 5.79. The Labute approximate surface area is 216 Å². The lowest BCUT2D eigenvalue weighted by Crippen LogP contribution is -2.23. The van der Waals surface area contributed by atoms with Gasteiger partial charge in [-0.1, -0.05) is 30.0 Å². The molecular weight excluding hydrogens is 502 g/mol. The summed E-state index contributed by atoms with van der Waals surface area (Å²) in [5.74, 6) is -1.58. The van der Waals surface area contributed by atoms with Gasteiger partial charge in [0.2, 0.25) is 5.91 Å². The van der Waals surface area contributed by atoms with Gasteiger partial charge in [-0.15, -0.1) is 10.2 Å². The summed E-state index contributed by atoms with van der Waals surface area (Å²) in [7, 11) is 1.75. The first kappa shape index (κ1) is 26.1. The van der Waals surface area contributed by atoms with Crippen molar-refractivity contribution in [2.24, 2.45) is 7.05 Å². The van der Waals surface area contributed by atoms with E-state index < -0.39 is 17.7 Å². The number of carbonyl (C=O) groups is 1. The van der Waals surface area contributed by atoms with Crippen molar-refractivity contribution in [3.63, 3.8) is 0 Å². The van der Waals surface area contributed by atoms with Crippen LogP contribution in [0.5, 0.6) is 5.75 Å². The average molecular weight is 529 g/mol. The highest BCUT2D eigenvalue weighted by Gasteiger charge is 2.22. The second-order valence-corrected chi connectivity index (χ2v) is 9.14. The zero-order valence-electron chi connectivity index (χ0n) is 20.7. The Kier molecular flexibility index (Phi) is 7.77. The third-order valence-corrected chi connectivity index (χ3v) is 6.74. The first-order valence-corrected chi connectivity index (χ1v) is 12.5. The Morgan fingerprint density at radius 1 is 1.16 bits per heavy atom. The lowest BCUT2D eigenvalue weighted by Gasteiger charge is -2.16. The van der Waals surface area contributed by atoms with E-state index in [1.807, 2.05) is 37.3 Å². The van der Waals surface area contributed by atoms with Gasteiger partial charge in [0.1, 0.15) is 11.5 Å². The summed E-state index contributed by atoms with van der Waals surface area (Å²) in [6, 6.07) is 12.2. The summed E-state index contributed by atoms with van der Waals surface area (Å²) in [5.41, 5.74) is 1.18. The molecule has 0 aliphatic rings. The number of thioether (sulfide) groups is 1. The smallest absolute Gasteiger partial charge is 0.295 e. The number of rotatable bonds is 9. The minimum absolute atomic E-state index is 0.0148. The molecule has 2 aromatic heterocycles. The van der Waals surface area contributed by atoms with Crippen LogP contribution in [0.2, 0.25) is 0 Å². The molecule has 0 aliphatic heterocycles. The first-order valence-electron chi connectivity index (χ1n) is 11.5. The van der Waals surface area contributed by atoms with E-state index in [4.69, 9.17) is 4.74 Å². The van der Waals surface area contributed by atoms with Crippen molar-refractivity contribution in [3.8, 4) is 11.4 Å². The molecule has 1 N–H and O–H groups in total. The van der Waals surface area contributed by atoms with Gasteiger partial charge in [0.25, 0.3) is 5.56 Å². The van der Waals surface area contributed by atoms with Crippen LogP contribution in [-0.4, -0.2) is 35.8 Å². The average Bonchev–Trinajstić information content (AvgIpc) is 3.39. The van der Waals surface area contributed by atoms with E-state index in [0.29, 0.717) is 28.9 Å². The van der Waals surface area contributed by atoms with E-state index in [0.717, 1.165) is 23.9 Å². The zero-order chi connectivity index (χ0) is 26.7. The van der Waals surface area contributed by atoms with Gasteiger partial charge in [0.15, 0.2) is 28.7 Å². The molecule has 1 amide bonds. The van der Waals surface area contributed by atoms with E-state index in [9.17, 15) is 18.4 Å². The van der Waals surface area contributed by atoms with Crippen LogP contribution < -0.4 is 15.6 Å². The second kappa shape index (κ2) is 11.0. The molecule has 0 saturated carbocycles. The van der Waals surface area contributed by atoms with E-state index in [2.05, 4.69) is 15.5 Å². The van der Waals surface area contributed by atoms with Crippen molar-refractivity contribution in [1.29, 1.82) is 0 Å². The molecule has 12 heteroatoms. The molecule has 37 heavy (non-hydrogen) atoms. The van der Waals surface area contributed by atoms with E-state index in [-0.39, 0.29) is 28.7 Å². The summed E-state index contributed by atoms with van der Waals surface area (Å²) in [6.07, 6.45) is -0.681. The highest BCUT2D eigenvalue weighted by atomic mass is 32.2. The third-order valence-electron chi connectivity index (χ3n) is 5.77. The number of nitrogens with zero attached hydrogens (tertiary/aromatic N) is 5. The molecule has 0 saturated heterocycles. The fraction of sp³-hybridized carbons (Fsp3) is 0.280. The molecule has 0 fully saturated rings. The number of para-hydroxylation sites is 1. The highest BCUT2D eigenvalue weighted by Crippen LogP contribution is 2.27. The third kappa shape index (κ3) is 5.43. The van der Waals surface area contributed by atoms with Crippen molar-refractivity contribution in [2.45, 2.75) is 38.6 Å². The maximum absolute atomic E-state index is 14.0. The molecule has 194 valence electrons. The molecule has 0 aliphatic carbocycles. The lowest BCUT2D eigenvalue weighted by molar-refractivity contribution is -0.113. The summed E-state index contributed by atoms with van der Waals surface area (Å²) >= 11 is 1.15. The monoisotopic (exact) mass is 528 g/mol. The van der Waals surface area contributed by atoms with Crippen LogP contribution in [0.3, 0.4) is 0 Å². The number of carbonyl (C=O) groups excluding carboxylic acids is 1. The molecule has 2 aromatic carbocycles. The quantitative estimate of drug-likeness (QED) is 0.327. The van der Waals surface area contributed by atoms with Crippen LogP contribution >= 0.6 is 11.8 Å². The molecule has 4 aromatic rings. The van der Waals surface area contributed by atoms with Crippen molar-refractivity contribution in [2.75, 3.05) is 11.1 Å². The standard InChI is InChI=1S/C25H26F2N6O3S/c1-5-32-23(16(3)36-20-12-11-17(26)13-19(20)27)29-30-25(32)37-14-21(34)28-22-15(2)31(4)33(24(22)35)18-9-7-6-8-10-18/h6-13,16H,5,14H2,1-4H3,(H,28,34). The largest absolute Gasteiger partial charge is 0.480 e. The fourth-order valence-corrected chi connectivity index (χ4v) is 4.65. The number of amides is 1. The van der Waals surface area contributed by atoms with E-state index in [1.54, 1.807) is 30.1 Å². The predicted octanol–water partition coefficient (Wildman–Crippen LogP) is 4.24.